The van der Waals surface area contributed by atoms with Gasteiger partial charge >= 0.3 is 0 Å². The standard InChI is InChI=1S/C16H20N4O5/c1-20(25-5)15(21)11-6-7-17-16(19-11)18-10-8-12(22-2)14(24-4)13(9-10)23-3/h6-9H,1-5H3,(H,17,18,19). The number of carbonyl (C=O) groups is 1. The largest absolute Gasteiger partial charge is 0.493 e. The molecule has 0 spiro atoms. The molecule has 9 nitrogen and oxygen atoms in total. The van der Waals surface area contributed by atoms with E-state index in [-0.39, 0.29) is 11.6 Å². The summed E-state index contributed by atoms with van der Waals surface area (Å²) in [4.78, 5) is 25.3. The summed E-state index contributed by atoms with van der Waals surface area (Å²) in [5.41, 5.74) is 0.800. The molecule has 25 heavy (non-hydrogen) atoms. The van der Waals surface area contributed by atoms with Gasteiger partial charge in [-0.15, -0.1) is 0 Å². The average molecular weight is 348 g/mol. The summed E-state index contributed by atoms with van der Waals surface area (Å²) >= 11 is 0. The highest BCUT2D eigenvalue weighted by molar-refractivity contribution is 5.91. The fourth-order valence-electron chi connectivity index (χ4n) is 2.06. The van der Waals surface area contributed by atoms with E-state index in [1.165, 1.54) is 47.8 Å². The van der Waals surface area contributed by atoms with Crippen LogP contribution in [0.25, 0.3) is 0 Å². The second-order valence-electron chi connectivity index (χ2n) is 4.79. The lowest BCUT2D eigenvalue weighted by Gasteiger charge is -2.15. The molecule has 2 aromatic rings. The highest BCUT2D eigenvalue weighted by Gasteiger charge is 2.16. The fourth-order valence-corrected chi connectivity index (χ4v) is 2.06. The van der Waals surface area contributed by atoms with Crippen LogP contribution in [0.4, 0.5) is 11.6 Å². The van der Waals surface area contributed by atoms with Crippen molar-refractivity contribution in [1.82, 2.24) is 15.0 Å². The molecule has 1 N–H and O–H groups in total. The first kappa shape index (κ1) is 18.3. The van der Waals surface area contributed by atoms with Crippen molar-refractivity contribution in [2.45, 2.75) is 0 Å². The molecule has 0 aliphatic carbocycles. The van der Waals surface area contributed by atoms with Crippen molar-refractivity contribution in [2.24, 2.45) is 0 Å². The van der Waals surface area contributed by atoms with E-state index in [2.05, 4.69) is 15.3 Å². The van der Waals surface area contributed by atoms with Crippen molar-refractivity contribution < 1.29 is 23.8 Å². The Morgan fingerprint density at radius 3 is 2.24 bits per heavy atom. The Balaban J connectivity index is 2.32. The molecule has 0 atom stereocenters. The van der Waals surface area contributed by atoms with E-state index in [4.69, 9.17) is 19.0 Å². The van der Waals surface area contributed by atoms with Crippen LogP contribution in [0.1, 0.15) is 10.5 Å². The highest BCUT2D eigenvalue weighted by Crippen LogP contribution is 2.40. The normalized spacial score (nSPS) is 10.1. The minimum absolute atomic E-state index is 0.189. The quantitative estimate of drug-likeness (QED) is 0.758. The molecule has 0 bridgehead atoms. The van der Waals surface area contributed by atoms with Crippen LogP contribution < -0.4 is 19.5 Å². The number of nitrogens with zero attached hydrogens (tertiary/aromatic N) is 3. The molecule has 0 saturated heterocycles. The van der Waals surface area contributed by atoms with Crippen molar-refractivity contribution in [3.63, 3.8) is 0 Å². The van der Waals surface area contributed by atoms with Gasteiger partial charge in [0.05, 0.1) is 28.4 Å². The van der Waals surface area contributed by atoms with Crippen molar-refractivity contribution in [2.75, 3.05) is 40.8 Å². The van der Waals surface area contributed by atoms with Gasteiger partial charge in [0.25, 0.3) is 5.91 Å². The SMILES string of the molecule is COc1cc(Nc2nccc(C(=O)N(C)OC)n2)cc(OC)c1OC. The molecule has 1 heterocycles. The Morgan fingerprint density at radius 2 is 1.72 bits per heavy atom. The molecule has 0 radical (unpaired) electrons. The molecule has 0 aliphatic heterocycles. The van der Waals surface area contributed by atoms with Crippen LogP contribution in [-0.4, -0.2) is 56.4 Å². The maximum atomic E-state index is 12.1. The van der Waals surface area contributed by atoms with Crippen LogP contribution in [0.3, 0.4) is 0 Å². The minimum Gasteiger partial charge on any atom is -0.493 e. The molecule has 1 aromatic carbocycles. The molecule has 1 amide bonds. The number of hydrogen-bond donors (Lipinski definition) is 1. The summed E-state index contributed by atoms with van der Waals surface area (Å²) in [6, 6.07) is 4.92. The monoisotopic (exact) mass is 348 g/mol. The summed E-state index contributed by atoms with van der Waals surface area (Å²) in [6.07, 6.45) is 1.48. The molecule has 134 valence electrons. The summed E-state index contributed by atoms with van der Waals surface area (Å²) in [7, 11) is 7.47. The van der Waals surface area contributed by atoms with Gasteiger partial charge in [0.2, 0.25) is 11.7 Å². The number of aromatic nitrogens is 2. The number of amides is 1. The van der Waals surface area contributed by atoms with Gasteiger partial charge in [-0.2, -0.15) is 0 Å². The summed E-state index contributed by atoms with van der Waals surface area (Å²) in [6.45, 7) is 0. The first-order valence-corrected chi connectivity index (χ1v) is 7.26. The Kier molecular flexibility index (Phi) is 5.96. The van der Waals surface area contributed by atoms with E-state index in [1.54, 1.807) is 12.1 Å². The lowest BCUT2D eigenvalue weighted by molar-refractivity contribution is -0.0760. The van der Waals surface area contributed by atoms with Crippen LogP contribution in [0.15, 0.2) is 24.4 Å². The lowest BCUT2D eigenvalue weighted by Crippen LogP contribution is -2.26. The minimum atomic E-state index is -0.391. The molecule has 0 saturated carbocycles. The second kappa shape index (κ2) is 8.15. The topological polar surface area (TPSA) is 95.0 Å². The van der Waals surface area contributed by atoms with E-state index in [0.717, 1.165) is 5.06 Å². The van der Waals surface area contributed by atoms with Gasteiger partial charge in [0, 0.05) is 31.1 Å². The lowest BCUT2D eigenvalue weighted by atomic mass is 10.2. The first-order chi connectivity index (χ1) is 12.0. The first-order valence-electron chi connectivity index (χ1n) is 7.26. The number of anilines is 2. The summed E-state index contributed by atoms with van der Waals surface area (Å²) < 4.78 is 15.9. The Morgan fingerprint density at radius 1 is 1.08 bits per heavy atom. The Labute approximate surface area is 145 Å². The molecule has 9 heteroatoms. The summed E-state index contributed by atoms with van der Waals surface area (Å²) in [5, 5.41) is 4.08. The summed E-state index contributed by atoms with van der Waals surface area (Å²) in [5.74, 6) is 1.29. The van der Waals surface area contributed by atoms with Gasteiger partial charge < -0.3 is 19.5 Å². The number of rotatable bonds is 7. The maximum Gasteiger partial charge on any atom is 0.295 e. The van der Waals surface area contributed by atoms with E-state index in [0.29, 0.717) is 22.9 Å². The molecule has 0 aliphatic rings. The number of benzene rings is 1. The van der Waals surface area contributed by atoms with Gasteiger partial charge in [0.1, 0.15) is 5.69 Å². The number of carbonyl (C=O) groups excluding carboxylic acids is 1. The number of hydrogen-bond acceptors (Lipinski definition) is 8. The second-order valence-corrected chi connectivity index (χ2v) is 4.79. The van der Waals surface area contributed by atoms with Crippen molar-refractivity contribution >= 4 is 17.5 Å². The van der Waals surface area contributed by atoms with Crippen molar-refractivity contribution in [3.8, 4) is 17.2 Å². The van der Waals surface area contributed by atoms with Gasteiger partial charge in [-0.1, -0.05) is 0 Å². The predicted octanol–water partition coefficient (Wildman–Crippen LogP) is 1.88. The predicted molar refractivity (Wildman–Crippen MR) is 90.5 cm³/mol. The van der Waals surface area contributed by atoms with Crippen LogP contribution in [0, 0.1) is 0 Å². The van der Waals surface area contributed by atoms with Gasteiger partial charge in [-0.25, -0.2) is 15.0 Å². The van der Waals surface area contributed by atoms with E-state index in [1.807, 2.05) is 0 Å². The smallest absolute Gasteiger partial charge is 0.295 e. The zero-order chi connectivity index (χ0) is 18.4. The van der Waals surface area contributed by atoms with Crippen LogP contribution in [0.2, 0.25) is 0 Å². The number of nitrogens with one attached hydrogen (secondary N) is 1. The van der Waals surface area contributed by atoms with Crippen LogP contribution in [0.5, 0.6) is 17.2 Å². The van der Waals surface area contributed by atoms with E-state index >= 15 is 0 Å². The highest BCUT2D eigenvalue weighted by atomic mass is 16.7. The van der Waals surface area contributed by atoms with Crippen LogP contribution >= 0.6 is 0 Å². The van der Waals surface area contributed by atoms with Gasteiger partial charge in [-0.05, 0) is 6.07 Å². The molecule has 0 unspecified atom stereocenters. The molecule has 2 rings (SSSR count). The van der Waals surface area contributed by atoms with Gasteiger partial charge in [-0.3, -0.25) is 9.63 Å². The molecule has 0 fully saturated rings. The Bertz CT molecular complexity index is 728. The molecular formula is C16H20N4O5. The van der Waals surface area contributed by atoms with Gasteiger partial charge in [0.15, 0.2) is 11.5 Å². The number of methoxy groups -OCH3 is 3. The molecule has 1 aromatic heterocycles. The number of hydroxylamine groups is 2. The maximum absolute atomic E-state index is 12.1. The third-order valence-electron chi connectivity index (χ3n) is 3.36. The van der Waals surface area contributed by atoms with Crippen LogP contribution in [-0.2, 0) is 4.84 Å². The van der Waals surface area contributed by atoms with E-state index in [9.17, 15) is 4.79 Å². The van der Waals surface area contributed by atoms with E-state index < -0.39 is 5.91 Å². The fraction of sp³-hybridized carbons (Fsp3) is 0.312. The third kappa shape index (κ3) is 4.07. The zero-order valence-electron chi connectivity index (χ0n) is 14.7. The van der Waals surface area contributed by atoms with Crippen molar-refractivity contribution in [1.29, 1.82) is 0 Å². The number of ether oxygens (including phenoxy) is 3. The Hall–Kier alpha value is -3.07. The van der Waals surface area contributed by atoms with Crippen molar-refractivity contribution in [3.05, 3.63) is 30.1 Å². The average Bonchev–Trinajstić information content (AvgIpc) is 2.65. The molecular weight excluding hydrogens is 328 g/mol. The third-order valence-corrected chi connectivity index (χ3v) is 3.36. The zero-order valence-corrected chi connectivity index (χ0v) is 14.7.